The summed E-state index contributed by atoms with van der Waals surface area (Å²) in [6.07, 6.45) is 8.02. The molecule has 1 aromatic carbocycles. The molecule has 1 aliphatic carbocycles. The first-order valence-electron chi connectivity index (χ1n) is 8.98. The van der Waals surface area contributed by atoms with Crippen molar-refractivity contribution in [2.24, 2.45) is 5.92 Å². The zero-order chi connectivity index (χ0) is 17.1. The van der Waals surface area contributed by atoms with Gasteiger partial charge in [0.15, 0.2) is 0 Å². The number of anilines is 2. The molecule has 0 saturated heterocycles. The van der Waals surface area contributed by atoms with E-state index in [0.29, 0.717) is 17.5 Å². The summed E-state index contributed by atoms with van der Waals surface area (Å²) in [6, 6.07) is 13.3. The van der Waals surface area contributed by atoms with Crippen molar-refractivity contribution in [3.63, 3.8) is 0 Å². The van der Waals surface area contributed by atoms with E-state index in [1.807, 2.05) is 34.9 Å². The van der Waals surface area contributed by atoms with Crippen LogP contribution in [0.15, 0.2) is 53.5 Å². The van der Waals surface area contributed by atoms with Gasteiger partial charge in [-0.15, -0.1) is 0 Å². The molecule has 0 bridgehead atoms. The summed E-state index contributed by atoms with van der Waals surface area (Å²) in [5, 5.41) is 4.11. The van der Waals surface area contributed by atoms with Gasteiger partial charge in [-0.1, -0.05) is 37.5 Å². The molecule has 1 fully saturated rings. The Morgan fingerprint density at radius 3 is 2.64 bits per heavy atom. The van der Waals surface area contributed by atoms with Gasteiger partial charge in [0.2, 0.25) is 5.95 Å². The number of rotatable bonds is 4. The summed E-state index contributed by atoms with van der Waals surface area (Å²) in [5.74, 6) is 1.08. The molecule has 2 aromatic heterocycles. The lowest BCUT2D eigenvalue weighted by atomic mass is 9.89. The molecule has 5 nitrogen and oxygen atoms in total. The average Bonchev–Trinajstić information content (AvgIpc) is 2.66. The molecule has 0 spiro atoms. The van der Waals surface area contributed by atoms with Crippen LogP contribution < -0.4 is 10.9 Å². The molecular weight excluding hydrogens is 312 g/mol. The molecule has 4 rings (SSSR count). The molecule has 0 atom stereocenters. The van der Waals surface area contributed by atoms with Gasteiger partial charge in [0.05, 0.1) is 0 Å². The number of nitrogens with zero attached hydrogens (tertiary/aromatic N) is 3. The van der Waals surface area contributed by atoms with Crippen molar-refractivity contribution in [3.8, 4) is 0 Å². The van der Waals surface area contributed by atoms with Crippen molar-refractivity contribution >= 4 is 22.7 Å². The highest BCUT2D eigenvalue weighted by molar-refractivity contribution is 5.75. The quantitative estimate of drug-likeness (QED) is 0.780. The standard InChI is InChI=1S/C20H22N4O/c25-18-12-11-16-13-21-20(22-17-9-5-2-6-10-17)23-19(16)24(18)14-15-7-3-1-4-8-15/h2,5-6,9-13,15H,1,3-4,7-8,14H2,(H,21,22,23). The third-order valence-corrected chi connectivity index (χ3v) is 4.92. The van der Waals surface area contributed by atoms with Gasteiger partial charge in [-0.05, 0) is 37.0 Å². The van der Waals surface area contributed by atoms with Crippen LogP contribution in [0.4, 0.5) is 11.6 Å². The fourth-order valence-electron chi connectivity index (χ4n) is 3.59. The number of hydrogen-bond donors (Lipinski definition) is 1. The third-order valence-electron chi connectivity index (χ3n) is 4.92. The lowest BCUT2D eigenvalue weighted by molar-refractivity contribution is 0.319. The third kappa shape index (κ3) is 3.55. The van der Waals surface area contributed by atoms with Crippen molar-refractivity contribution in [3.05, 3.63) is 59.0 Å². The van der Waals surface area contributed by atoms with Crippen LogP contribution in [0.2, 0.25) is 0 Å². The zero-order valence-electron chi connectivity index (χ0n) is 14.2. The van der Waals surface area contributed by atoms with Crippen LogP contribution in [0.1, 0.15) is 32.1 Å². The number of fused-ring (bicyclic) bond motifs is 1. The molecule has 1 saturated carbocycles. The molecular formula is C20H22N4O. The fraction of sp³-hybridized carbons (Fsp3) is 0.350. The van der Waals surface area contributed by atoms with Crippen molar-refractivity contribution in [2.75, 3.05) is 5.32 Å². The number of aromatic nitrogens is 3. The number of benzene rings is 1. The maximum Gasteiger partial charge on any atom is 0.252 e. The van der Waals surface area contributed by atoms with Crippen molar-refractivity contribution in [1.82, 2.24) is 14.5 Å². The second-order valence-corrected chi connectivity index (χ2v) is 6.75. The van der Waals surface area contributed by atoms with E-state index in [1.165, 1.54) is 32.1 Å². The highest BCUT2D eigenvalue weighted by Crippen LogP contribution is 2.25. The number of nitrogens with one attached hydrogen (secondary N) is 1. The van der Waals surface area contributed by atoms with Crippen LogP contribution in [-0.2, 0) is 6.54 Å². The Morgan fingerprint density at radius 1 is 1.04 bits per heavy atom. The van der Waals surface area contributed by atoms with E-state index in [0.717, 1.165) is 17.6 Å². The molecule has 1 N–H and O–H groups in total. The van der Waals surface area contributed by atoms with Gasteiger partial charge in [-0.3, -0.25) is 9.36 Å². The molecule has 0 aliphatic heterocycles. The van der Waals surface area contributed by atoms with E-state index in [1.54, 1.807) is 18.3 Å². The van der Waals surface area contributed by atoms with Gasteiger partial charge in [-0.2, -0.15) is 4.98 Å². The second-order valence-electron chi connectivity index (χ2n) is 6.75. The van der Waals surface area contributed by atoms with Crippen molar-refractivity contribution in [2.45, 2.75) is 38.6 Å². The average molecular weight is 334 g/mol. The van der Waals surface area contributed by atoms with Crippen LogP contribution >= 0.6 is 0 Å². The molecule has 2 heterocycles. The zero-order valence-corrected chi connectivity index (χ0v) is 14.2. The van der Waals surface area contributed by atoms with Gasteiger partial charge in [0.25, 0.3) is 5.56 Å². The van der Waals surface area contributed by atoms with Crippen molar-refractivity contribution in [1.29, 1.82) is 0 Å². The number of pyridine rings is 1. The minimum absolute atomic E-state index is 0.0161. The van der Waals surface area contributed by atoms with Crippen LogP contribution in [0, 0.1) is 5.92 Å². The summed E-state index contributed by atoms with van der Waals surface area (Å²) in [6.45, 7) is 0.748. The Kier molecular flexibility index (Phi) is 4.46. The maximum absolute atomic E-state index is 12.5. The van der Waals surface area contributed by atoms with E-state index in [4.69, 9.17) is 0 Å². The lowest BCUT2D eigenvalue weighted by Crippen LogP contribution is -2.25. The van der Waals surface area contributed by atoms with E-state index >= 15 is 0 Å². The summed E-state index contributed by atoms with van der Waals surface area (Å²) in [4.78, 5) is 21.5. The van der Waals surface area contributed by atoms with Gasteiger partial charge in [0.1, 0.15) is 5.65 Å². The Hall–Kier alpha value is -2.69. The minimum atomic E-state index is 0.0161. The molecule has 128 valence electrons. The molecule has 3 aromatic rings. The first-order valence-corrected chi connectivity index (χ1v) is 8.98. The Bertz CT molecular complexity index is 914. The molecule has 0 unspecified atom stereocenters. The highest BCUT2D eigenvalue weighted by Gasteiger charge is 2.16. The van der Waals surface area contributed by atoms with Crippen LogP contribution in [0.3, 0.4) is 0 Å². The fourth-order valence-corrected chi connectivity index (χ4v) is 3.59. The van der Waals surface area contributed by atoms with Crippen molar-refractivity contribution < 1.29 is 0 Å². The van der Waals surface area contributed by atoms with Gasteiger partial charge in [0, 0.05) is 29.9 Å². The normalized spacial score (nSPS) is 15.4. The second kappa shape index (κ2) is 7.05. The van der Waals surface area contributed by atoms with Gasteiger partial charge in [-0.25, -0.2) is 4.98 Å². The Labute approximate surface area is 146 Å². The molecule has 5 heteroatoms. The Morgan fingerprint density at radius 2 is 1.84 bits per heavy atom. The SMILES string of the molecule is O=c1ccc2cnc(Nc3ccccc3)nc2n1CC1CCCCC1. The largest absolute Gasteiger partial charge is 0.324 e. The molecule has 25 heavy (non-hydrogen) atoms. The number of para-hydroxylation sites is 1. The first-order chi connectivity index (χ1) is 12.3. The minimum Gasteiger partial charge on any atom is -0.324 e. The monoisotopic (exact) mass is 334 g/mol. The lowest BCUT2D eigenvalue weighted by Gasteiger charge is -2.22. The van der Waals surface area contributed by atoms with E-state index < -0.39 is 0 Å². The summed E-state index contributed by atoms with van der Waals surface area (Å²) >= 11 is 0. The number of hydrogen-bond acceptors (Lipinski definition) is 4. The highest BCUT2D eigenvalue weighted by atomic mass is 16.1. The molecule has 0 amide bonds. The Balaban J connectivity index is 1.69. The van der Waals surface area contributed by atoms with E-state index in [9.17, 15) is 4.79 Å². The summed E-state index contributed by atoms with van der Waals surface area (Å²) in [5.41, 5.74) is 1.66. The first kappa shape index (κ1) is 15.8. The summed E-state index contributed by atoms with van der Waals surface area (Å²) < 4.78 is 1.82. The van der Waals surface area contributed by atoms with E-state index in [-0.39, 0.29) is 5.56 Å². The molecule has 1 aliphatic rings. The summed E-state index contributed by atoms with van der Waals surface area (Å²) in [7, 11) is 0. The maximum atomic E-state index is 12.5. The van der Waals surface area contributed by atoms with Crippen LogP contribution in [-0.4, -0.2) is 14.5 Å². The van der Waals surface area contributed by atoms with Crippen LogP contribution in [0.5, 0.6) is 0 Å². The predicted molar refractivity (Wildman–Crippen MR) is 100 cm³/mol. The van der Waals surface area contributed by atoms with Gasteiger partial charge < -0.3 is 5.32 Å². The molecule has 0 radical (unpaired) electrons. The topological polar surface area (TPSA) is 59.8 Å². The van der Waals surface area contributed by atoms with E-state index in [2.05, 4.69) is 15.3 Å². The smallest absolute Gasteiger partial charge is 0.252 e. The predicted octanol–water partition coefficient (Wildman–Crippen LogP) is 4.12. The van der Waals surface area contributed by atoms with Crippen LogP contribution in [0.25, 0.3) is 11.0 Å². The van der Waals surface area contributed by atoms with Gasteiger partial charge >= 0.3 is 0 Å².